The highest BCUT2D eigenvalue weighted by atomic mass is 35.5. The molecule has 5 nitrogen and oxygen atoms in total. The Labute approximate surface area is 164 Å². The molecule has 2 heterocycles. The summed E-state index contributed by atoms with van der Waals surface area (Å²) in [5.41, 5.74) is 0.646. The van der Waals surface area contributed by atoms with E-state index < -0.39 is 5.82 Å². The number of hydrogen-bond acceptors (Lipinski definition) is 3. The Morgan fingerprint density at radius 2 is 1.93 bits per heavy atom. The molecule has 3 rings (SSSR count). The molecule has 0 aromatic heterocycles. The van der Waals surface area contributed by atoms with Crippen LogP contribution in [0.5, 0.6) is 0 Å². The smallest absolute Gasteiger partial charge is 0.227 e. The monoisotopic (exact) mass is 396 g/mol. The summed E-state index contributed by atoms with van der Waals surface area (Å²) in [5, 5.41) is 0.285. The van der Waals surface area contributed by atoms with Crippen molar-refractivity contribution in [2.24, 2.45) is 5.92 Å². The molecule has 148 valence electrons. The topological polar surface area (TPSA) is 49.9 Å². The minimum absolute atomic E-state index is 0.00714. The predicted octanol–water partition coefficient (Wildman–Crippen LogP) is 2.90. The Morgan fingerprint density at radius 3 is 2.67 bits per heavy atom. The Morgan fingerprint density at radius 1 is 1.15 bits per heavy atom. The van der Waals surface area contributed by atoms with Crippen LogP contribution in [0.3, 0.4) is 0 Å². The van der Waals surface area contributed by atoms with E-state index in [0.29, 0.717) is 50.8 Å². The maximum atomic E-state index is 13.2. The minimum atomic E-state index is -0.404. The van der Waals surface area contributed by atoms with Crippen molar-refractivity contribution in [1.82, 2.24) is 9.80 Å². The van der Waals surface area contributed by atoms with Crippen LogP contribution in [0.1, 0.15) is 31.2 Å². The average molecular weight is 397 g/mol. The molecule has 1 aromatic carbocycles. The summed E-state index contributed by atoms with van der Waals surface area (Å²) in [6.45, 7) is 3.98. The number of halogens is 2. The van der Waals surface area contributed by atoms with Crippen LogP contribution in [0.2, 0.25) is 5.02 Å². The van der Waals surface area contributed by atoms with E-state index in [9.17, 15) is 14.0 Å². The predicted molar refractivity (Wildman–Crippen MR) is 101 cm³/mol. The summed E-state index contributed by atoms with van der Waals surface area (Å²) in [6.07, 6.45) is 3.49. The van der Waals surface area contributed by atoms with Gasteiger partial charge in [0.2, 0.25) is 11.8 Å². The Bertz CT molecular complexity index is 679. The quantitative estimate of drug-likeness (QED) is 0.769. The molecule has 0 bridgehead atoms. The zero-order valence-corrected chi connectivity index (χ0v) is 16.2. The molecule has 2 saturated heterocycles. The van der Waals surface area contributed by atoms with Gasteiger partial charge < -0.3 is 14.5 Å². The van der Waals surface area contributed by atoms with Gasteiger partial charge in [-0.25, -0.2) is 4.39 Å². The van der Waals surface area contributed by atoms with Crippen molar-refractivity contribution in [3.8, 4) is 0 Å². The van der Waals surface area contributed by atoms with Crippen molar-refractivity contribution in [2.75, 3.05) is 39.4 Å². The fourth-order valence-corrected chi connectivity index (χ4v) is 4.00. The molecule has 0 N–H and O–H groups in total. The summed E-state index contributed by atoms with van der Waals surface area (Å²) in [5.74, 6) is 0.128. The van der Waals surface area contributed by atoms with Gasteiger partial charge in [0.1, 0.15) is 5.82 Å². The van der Waals surface area contributed by atoms with Crippen molar-refractivity contribution in [2.45, 2.75) is 32.1 Å². The molecule has 2 aliphatic heterocycles. The second-order valence-electron chi connectivity index (χ2n) is 7.29. The van der Waals surface area contributed by atoms with E-state index in [2.05, 4.69) is 0 Å². The lowest BCUT2D eigenvalue weighted by Crippen LogP contribution is -2.42. The van der Waals surface area contributed by atoms with Gasteiger partial charge in [-0.15, -0.1) is 0 Å². The van der Waals surface area contributed by atoms with Gasteiger partial charge in [0.25, 0.3) is 0 Å². The van der Waals surface area contributed by atoms with Crippen molar-refractivity contribution < 1.29 is 18.7 Å². The van der Waals surface area contributed by atoms with E-state index in [1.54, 1.807) is 6.07 Å². The average Bonchev–Trinajstić information content (AvgIpc) is 2.69. The van der Waals surface area contributed by atoms with E-state index >= 15 is 0 Å². The molecular formula is C20H26ClFN2O3. The number of amides is 2. The van der Waals surface area contributed by atoms with Gasteiger partial charge in [-0.3, -0.25) is 9.59 Å². The number of morpholine rings is 1. The summed E-state index contributed by atoms with van der Waals surface area (Å²) >= 11 is 6.04. The Kier molecular flexibility index (Phi) is 7.07. The Hall–Kier alpha value is -1.66. The highest BCUT2D eigenvalue weighted by Crippen LogP contribution is 2.24. The van der Waals surface area contributed by atoms with Crippen LogP contribution in [-0.2, 0) is 20.7 Å². The fourth-order valence-electron chi connectivity index (χ4n) is 3.77. The van der Waals surface area contributed by atoms with Crippen LogP contribution in [-0.4, -0.2) is 61.0 Å². The minimum Gasteiger partial charge on any atom is -0.378 e. The van der Waals surface area contributed by atoms with E-state index in [0.717, 1.165) is 25.8 Å². The SMILES string of the molecule is O=C(CCC1CCCN(C(=O)Cc2ccc(F)cc2Cl)C1)N1CCOCC1. The number of piperidine rings is 1. The lowest BCUT2D eigenvalue weighted by molar-refractivity contribution is -0.135. The normalized spacial score (nSPS) is 20.6. The molecule has 1 unspecified atom stereocenters. The third-order valence-corrected chi connectivity index (χ3v) is 5.71. The molecule has 1 aromatic rings. The second kappa shape index (κ2) is 9.51. The largest absolute Gasteiger partial charge is 0.378 e. The van der Waals surface area contributed by atoms with Crippen LogP contribution in [0.15, 0.2) is 18.2 Å². The lowest BCUT2D eigenvalue weighted by Gasteiger charge is -2.33. The van der Waals surface area contributed by atoms with Gasteiger partial charge in [0.15, 0.2) is 0 Å². The highest BCUT2D eigenvalue weighted by molar-refractivity contribution is 6.31. The summed E-state index contributed by atoms with van der Waals surface area (Å²) in [4.78, 5) is 28.6. The number of nitrogens with zero attached hydrogens (tertiary/aromatic N) is 2. The summed E-state index contributed by atoms with van der Waals surface area (Å²) in [7, 11) is 0. The molecule has 1 atom stereocenters. The number of rotatable bonds is 5. The van der Waals surface area contributed by atoms with Crippen molar-refractivity contribution in [3.05, 3.63) is 34.6 Å². The van der Waals surface area contributed by atoms with E-state index in [1.807, 2.05) is 9.80 Å². The summed E-state index contributed by atoms with van der Waals surface area (Å²) < 4.78 is 18.4. The Balaban J connectivity index is 1.48. The van der Waals surface area contributed by atoms with Crippen LogP contribution >= 0.6 is 11.6 Å². The molecule has 2 amide bonds. The molecule has 7 heteroatoms. The van der Waals surface area contributed by atoms with E-state index in [-0.39, 0.29) is 23.3 Å². The number of benzene rings is 1. The fraction of sp³-hybridized carbons (Fsp3) is 0.600. The van der Waals surface area contributed by atoms with Gasteiger partial charge in [0, 0.05) is 37.6 Å². The first-order valence-electron chi connectivity index (χ1n) is 9.60. The lowest BCUT2D eigenvalue weighted by atomic mass is 9.92. The maximum absolute atomic E-state index is 13.2. The second-order valence-corrected chi connectivity index (χ2v) is 7.70. The molecular weight excluding hydrogens is 371 g/mol. The molecule has 27 heavy (non-hydrogen) atoms. The first kappa shape index (κ1) is 20.1. The zero-order valence-electron chi connectivity index (χ0n) is 15.5. The standard InChI is InChI=1S/C20H26ClFN2O3/c21-18-13-17(22)5-4-16(18)12-20(26)24-7-1-2-15(14-24)3-6-19(25)23-8-10-27-11-9-23/h4-5,13,15H,1-3,6-12,14H2. The number of hydrogen-bond donors (Lipinski definition) is 0. The molecule has 0 aliphatic carbocycles. The summed E-state index contributed by atoms with van der Waals surface area (Å²) in [6, 6.07) is 4.13. The number of carbonyl (C=O) groups is 2. The van der Waals surface area contributed by atoms with Crippen molar-refractivity contribution in [3.63, 3.8) is 0 Å². The molecule has 0 radical (unpaired) electrons. The van der Waals surface area contributed by atoms with Gasteiger partial charge in [-0.2, -0.15) is 0 Å². The zero-order chi connectivity index (χ0) is 19.2. The third kappa shape index (κ3) is 5.66. The first-order valence-corrected chi connectivity index (χ1v) is 9.98. The van der Waals surface area contributed by atoms with Crippen LogP contribution in [0, 0.1) is 11.7 Å². The van der Waals surface area contributed by atoms with Gasteiger partial charge in [-0.05, 0) is 42.9 Å². The molecule has 2 aliphatic rings. The van der Waals surface area contributed by atoms with Gasteiger partial charge >= 0.3 is 0 Å². The van der Waals surface area contributed by atoms with Crippen LogP contribution in [0.4, 0.5) is 4.39 Å². The van der Waals surface area contributed by atoms with Crippen molar-refractivity contribution in [1.29, 1.82) is 0 Å². The van der Waals surface area contributed by atoms with Crippen LogP contribution < -0.4 is 0 Å². The highest BCUT2D eigenvalue weighted by Gasteiger charge is 2.25. The first-order chi connectivity index (χ1) is 13.0. The van der Waals surface area contributed by atoms with Crippen LogP contribution in [0.25, 0.3) is 0 Å². The van der Waals surface area contributed by atoms with Crippen molar-refractivity contribution >= 4 is 23.4 Å². The van der Waals surface area contributed by atoms with E-state index in [1.165, 1.54) is 12.1 Å². The van der Waals surface area contributed by atoms with Gasteiger partial charge in [-0.1, -0.05) is 17.7 Å². The van der Waals surface area contributed by atoms with E-state index in [4.69, 9.17) is 16.3 Å². The number of likely N-dealkylation sites (tertiary alicyclic amines) is 1. The molecule has 0 spiro atoms. The van der Waals surface area contributed by atoms with Gasteiger partial charge in [0.05, 0.1) is 19.6 Å². The third-order valence-electron chi connectivity index (χ3n) is 5.36. The number of carbonyl (C=O) groups excluding carboxylic acids is 2. The molecule has 0 saturated carbocycles. The molecule has 2 fully saturated rings. The maximum Gasteiger partial charge on any atom is 0.227 e. The number of ether oxygens (including phenoxy) is 1.